The van der Waals surface area contributed by atoms with Crippen molar-refractivity contribution in [3.8, 4) is 0 Å². The van der Waals surface area contributed by atoms with E-state index in [2.05, 4.69) is 0 Å². The smallest absolute Gasteiger partial charge is 0.274 e. The lowest BCUT2D eigenvalue weighted by Gasteiger charge is -2.32. The molecule has 1 fully saturated rings. The third kappa shape index (κ3) is 2.99. The minimum absolute atomic E-state index is 0.0180. The Balaban J connectivity index is 1.73. The first-order valence-electron chi connectivity index (χ1n) is 9.83. The molecule has 3 aromatic carbocycles. The summed E-state index contributed by atoms with van der Waals surface area (Å²) in [6.45, 7) is 0.0180. The molecule has 33 heavy (non-hydrogen) atoms. The van der Waals surface area contributed by atoms with Gasteiger partial charge in [0.05, 0.1) is 12.2 Å². The van der Waals surface area contributed by atoms with Gasteiger partial charge in [-0.25, -0.2) is 17.2 Å². The first-order chi connectivity index (χ1) is 15.7. The Morgan fingerprint density at radius 1 is 0.939 bits per heavy atom. The van der Waals surface area contributed by atoms with Gasteiger partial charge in [-0.05, 0) is 35.9 Å². The lowest BCUT2D eigenvalue weighted by molar-refractivity contribution is -0.123. The number of rotatable bonds is 3. The van der Waals surface area contributed by atoms with E-state index in [1.54, 1.807) is 42.5 Å². The van der Waals surface area contributed by atoms with Crippen LogP contribution in [0.3, 0.4) is 0 Å². The number of para-hydroxylation sites is 1. The van der Waals surface area contributed by atoms with E-state index in [9.17, 15) is 26.8 Å². The molecule has 0 N–H and O–H groups in total. The Kier molecular flexibility index (Phi) is 4.80. The van der Waals surface area contributed by atoms with E-state index in [1.165, 1.54) is 11.0 Å². The van der Waals surface area contributed by atoms with Crippen molar-refractivity contribution in [3.05, 3.63) is 94.5 Å². The molecular weight excluding hydrogens is 474 g/mol. The molecule has 0 unspecified atom stereocenters. The van der Waals surface area contributed by atoms with E-state index in [-0.39, 0.29) is 17.8 Å². The average molecular weight is 489 g/mol. The number of fused-ring (bicyclic) bond motifs is 2. The third-order valence-electron chi connectivity index (χ3n) is 5.84. The third-order valence-corrected chi connectivity index (χ3v) is 8.19. The number of amides is 2. The molecule has 1 spiro atoms. The number of sulfone groups is 1. The maximum atomic E-state index is 14.0. The topological polar surface area (TPSA) is 74.8 Å². The van der Waals surface area contributed by atoms with Crippen molar-refractivity contribution < 1.29 is 26.8 Å². The molecule has 2 aliphatic rings. The fourth-order valence-corrected chi connectivity index (χ4v) is 6.60. The highest BCUT2D eigenvalue weighted by Gasteiger charge is 2.69. The molecule has 2 amide bonds. The van der Waals surface area contributed by atoms with E-state index >= 15 is 0 Å². The maximum absolute atomic E-state index is 14.0. The number of hydrogen-bond acceptors (Lipinski definition) is 4. The van der Waals surface area contributed by atoms with Crippen LogP contribution in [0.1, 0.15) is 11.1 Å². The second-order valence-corrected chi connectivity index (χ2v) is 10.3. The maximum Gasteiger partial charge on any atom is 0.274 e. The van der Waals surface area contributed by atoms with Crippen molar-refractivity contribution in [2.45, 2.75) is 11.4 Å². The van der Waals surface area contributed by atoms with E-state index in [4.69, 9.17) is 11.6 Å². The highest BCUT2D eigenvalue weighted by molar-refractivity contribution is 7.94. The molecule has 0 bridgehead atoms. The fourth-order valence-electron chi connectivity index (χ4n) is 4.45. The van der Waals surface area contributed by atoms with Crippen LogP contribution in [0.2, 0.25) is 5.02 Å². The van der Waals surface area contributed by atoms with Crippen LogP contribution in [0.4, 0.5) is 20.2 Å². The highest BCUT2D eigenvalue weighted by Crippen LogP contribution is 2.52. The van der Waals surface area contributed by atoms with Crippen molar-refractivity contribution in [2.24, 2.45) is 0 Å². The highest BCUT2D eigenvalue weighted by atomic mass is 35.5. The zero-order chi connectivity index (χ0) is 23.5. The van der Waals surface area contributed by atoms with Gasteiger partial charge >= 0.3 is 0 Å². The predicted molar refractivity (Wildman–Crippen MR) is 118 cm³/mol. The second kappa shape index (κ2) is 7.36. The summed E-state index contributed by atoms with van der Waals surface area (Å²) in [5, 5.41) is 0.497. The van der Waals surface area contributed by atoms with Crippen molar-refractivity contribution in [1.29, 1.82) is 0 Å². The molecule has 1 saturated heterocycles. The van der Waals surface area contributed by atoms with Crippen molar-refractivity contribution >= 4 is 44.6 Å². The quantitative estimate of drug-likeness (QED) is 0.562. The van der Waals surface area contributed by atoms with Gasteiger partial charge in [0.1, 0.15) is 5.75 Å². The number of carbonyl (C=O) groups excluding carboxylic acids is 2. The van der Waals surface area contributed by atoms with Crippen LogP contribution in [0.25, 0.3) is 0 Å². The summed E-state index contributed by atoms with van der Waals surface area (Å²) in [6, 6.07) is 15.5. The van der Waals surface area contributed by atoms with Crippen molar-refractivity contribution in [1.82, 2.24) is 0 Å². The van der Waals surface area contributed by atoms with Crippen molar-refractivity contribution in [2.75, 3.05) is 15.6 Å². The summed E-state index contributed by atoms with van der Waals surface area (Å²) >= 11 is 5.94. The number of anilines is 2. The Morgan fingerprint density at radius 3 is 2.33 bits per heavy atom. The molecule has 6 nitrogen and oxygen atoms in total. The van der Waals surface area contributed by atoms with Crippen LogP contribution in [0, 0.1) is 11.6 Å². The monoisotopic (exact) mass is 488 g/mol. The van der Waals surface area contributed by atoms with E-state index in [0.29, 0.717) is 22.3 Å². The van der Waals surface area contributed by atoms with Gasteiger partial charge < -0.3 is 4.90 Å². The average Bonchev–Trinajstić information content (AvgIpc) is 3.14. The molecule has 0 radical (unpaired) electrons. The van der Waals surface area contributed by atoms with Gasteiger partial charge in [0.25, 0.3) is 10.8 Å². The zero-order valence-electron chi connectivity index (χ0n) is 16.8. The molecule has 3 aromatic rings. The van der Waals surface area contributed by atoms with Crippen molar-refractivity contribution in [3.63, 3.8) is 0 Å². The van der Waals surface area contributed by atoms with Crippen LogP contribution >= 0.6 is 11.6 Å². The molecule has 2 aliphatic heterocycles. The lowest BCUT2D eigenvalue weighted by Crippen LogP contribution is -2.54. The summed E-state index contributed by atoms with van der Waals surface area (Å²) < 4.78 is 54.5. The number of benzene rings is 3. The number of hydrogen-bond donors (Lipinski definition) is 0. The molecule has 0 aliphatic carbocycles. The molecular formula is C23H15ClF2N2O4S. The van der Waals surface area contributed by atoms with Crippen LogP contribution in [-0.4, -0.2) is 26.0 Å². The Morgan fingerprint density at radius 2 is 1.64 bits per heavy atom. The first-order valence-corrected chi connectivity index (χ1v) is 11.9. The van der Waals surface area contributed by atoms with Gasteiger partial charge in [0.2, 0.25) is 5.91 Å². The molecule has 0 saturated carbocycles. The summed E-state index contributed by atoms with van der Waals surface area (Å²) in [5.41, 5.74) is 0.847. The lowest BCUT2D eigenvalue weighted by atomic mass is 10.0. The minimum atomic E-state index is -4.40. The molecule has 10 heteroatoms. The second-order valence-electron chi connectivity index (χ2n) is 7.77. The summed E-state index contributed by atoms with van der Waals surface area (Å²) in [4.78, 5) is 26.5. The van der Waals surface area contributed by atoms with Crippen LogP contribution < -0.4 is 9.80 Å². The summed E-state index contributed by atoms with van der Waals surface area (Å²) in [6.07, 6.45) is 0. The Labute approximate surface area is 192 Å². The molecule has 1 atom stereocenters. The molecule has 2 heterocycles. The molecule has 0 aromatic heterocycles. The van der Waals surface area contributed by atoms with Crippen LogP contribution in [0.15, 0.2) is 66.7 Å². The standard InChI is InChI=1S/C23H15ClF2N2O4S/c24-15-7-5-14(6-8-15)12-27-20-4-2-1-3-17(20)23(22(27)30)28(21(29)13-33(23,31)32)16-9-10-18(25)19(26)11-16/h1-11H,12-13H2/t23-/m1/s1. The van der Waals surface area contributed by atoms with Gasteiger partial charge in [-0.15, -0.1) is 0 Å². The van der Waals surface area contributed by atoms with Gasteiger partial charge in [0, 0.05) is 22.3 Å². The van der Waals surface area contributed by atoms with Gasteiger partial charge in [0.15, 0.2) is 21.5 Å². The van der Waals surface area contributed by atoms with Gasteiger partial charge in [-0.2, -0.15) is 0 Å². The predicted octanol–water partition coefficient (Wildman–Crippen LogP) is 3.78. The number of carbonyl (C=O) groups is 2. The largest absolute Gasteiger partial charge is 0.304 e. The molecule has 5 rings (SSSR count). The Hall–Kier alpha value is -3.30. The zero-order valence-corrected chi connectivity index (χ0v) is 18.4. The fraction of sp³-hybridized carbons (Fsp3) is 0.130. The summed E-state index contributed by atoms with van der Waals surface area (Å²) in [5.74, 6) is -5.14. The SMILES string of the molecule is O=C1CS(=O)(=O)[C@]2(C(=O)N(Cc3ccc(Cl)cc3)c3ccccc32)N1c1ccc(F)c(F)c1. The first kappa shape index (κ1) is 21.5. The van der Waals surface area contributed by atoms with Gasteiger partial charge in [-0.3, -0.25) is 14.5 Å². The van der Waals surface area contributed by atoms with E-state index in [0.717, 1.165) is 17.0 Å². The minimum Gasteiger partial charge on any atom is -0.304 e. The summed E-state index contributed by atoms with van der Waals surface area (Å²) in [7, 11) is -4.40. The normalized spacial score (nSPS) is 21.2. The van der Waals surface area contributed by atoms with E-state index < -0.39 is 43.9 Å². The number of nitrogens with zero attached hydrogens (tertiary/aromatic N) is 2. The molecule has 168 valence electrons. The van der Waals surface area contributed by atoms with Crippen LogP contribution in [0.5, 0.6) is 0 Å². The van der Waals surface area contributed by atoms with E-state index in [1.807, 2.05) is 0 Å². The van der Waals surface area contributed by atoms with Crippen LogP contribution in [-0.2, 0) is 30.8 Å². The number of halogens is 3. The Bertz CT molecular complexity index is 1430. The van der Waals surface area contributed by atoms with Gasteiger partial charge in [-0.1, -0.05) is 41.9 Å².